The van der Waals surface area contributed by atoms with Crippen molar-refractivity contribution in [3.63, 3.8) is 0 Å². The third kappa shape index (κ3) is 15.5. The molecule has 0 aliphatic rings. The molecule has 2 rings (SSSR count). The largest absolute Gasteiger partial charge is 0.438 e. The summed E-state index contributed by atoms with van der Waals surface area (Å²) in [5, 5.41) is 0. The molecule has 0 aliphatic carbocycles. The van der Waals surface area contributed by atoms with Crippen LogP contribution >= 0.6 is 0 Å². The minimum atomic E-state index is -1.32. The van der Waals surface area contributed by atoms with E-state index in [4.69, 9.17) is 14.2 Å². The van der Waals surface area contributed by atoms with Crippen molar-refractivity contribution < 1.29 is 28.3 Å². The fraction of sp³-hybridized carbons (Fsp3) is 0.632. The molecule has 6 nitrogen and oxygen atoms in total. The first-order valence-corrected chi connectivity index (χ1v) is 17.1. The molecule has 1 unspecified atom stereocenters. The van der Waals surface area contributed by atoms with Crippen LogP contribution in [0.15, 0.2) is 60.7 Å². The van der Waals surface area contributed by atoms with Crippen molar-refractivity contribution in [2.45, 2.75) is 115 Å². The van der Waals surface area contributed by atoms with E-state index in [1.165, 1.54) is 64.2 Å². The molecular formula is C38H60NO5+. The van der Waals surface area contributed by atoms with Crippen molar-refractivity contribution in [2.75, 3.05) is 41.1 Å². The van der Waals surface area contributed by atoms with Crippen LogP contribution in [0.4, 0.5) is 0 Å². The number of unbranched alkanes of at least 4 members (excludes halogenated alkanes) is 12. The van der Waals surface area contributed by atoms with Crippen LogP contribution in [-0.2, 0) is 29.4 Å². The maximum Gasteiger partial charge on any atom is 0.307 e. The van der Waals surface area contributed by atoms with E-state index in [0.29, 0.717) is 23.7 Å². The highest BCUT2D eigenvalue weighted by molar-refractivity contribution is 5.73. The standard InChI is InChI=1S/C38H60NO5/c1-5-36(31-39(2,3)4)42-30-24-16-14-12-10-8-6-7-9-11-13-15-23-29-37(41)43-33-44-38(32-40,34-25-19-17-20-26-34)35-27-21-18-22-28-35/h17-22,25-28,32,36H,5-16,23-24,29-31,33H2,1-4H3/q+1. The van der Waals surface area contributed by atoms with Crippen molar-refractivity contribution in [2.24, 2.45) is 0 Å². The smallest absolute Gasteiger partial charge is 0.307 e. The molecule has 0 saturated heterocycles. The van der Waals surface area contributed by atoms with Gasteiger partial charge in [0.05, 0.1) is 21.1 Å². The second kappa shape index (κ2) is 22.0. The number of benzene rings is 2. The van der Waals surface area contributed by atoms with Gasteiger partial charge in [-0.05, 0) is 30.4 Å². The van der Waals surface area contributed by atoms with Crippen LogP contribution in [0.2, 0.25) is 0 Å². The van der Waals surface area contributed by atoms with Crippen molar-refractivity contribution in [3.8, 4) is 0 Å². The van der Waals surface area contributed by atoms with Crippen molar-refractivity contribution in [1.29, 1.82) is 0 Å². The number of rotatable bonds is 26. The number of ether oxygens (including phenoxy) is 3. The van der Waals surface area contributed by atoms with Crippen molar-refractivity contribution >= 4 is 12.3 Å². The van der Waals surface area contributed by atoms with Crippen LogP contribution in [0, 0.1) is 0 Å². The first-order chi connectivity index (χ1) is 21.3. The molecule has 0 heterocycles. The Hall–Kier alpha value is -2.54. The lowest BCUT2D eigenvalue weighted by Crippen LogP contribution is -2.42. The molecule has 1 atom stereocenters. The van der Waals surface area contributed by atoms with E-state index < -0.39 is 5.60 Å². The van der Waals surface area contributed by atoms with Gasteiger partial charge in [-0.2, -0.15) is 0 Å². The Labute approximate surface area is 268 Å². The predicted molar refractivity (Wildman–Crippen MR) is 179 cm³/mol. The number of carbonyl (C=O) groups excluding carboxylic acids is 2. The Bertz CT molecular complexity index is 965. The summed E-state index contributed by atoms with van der Waals surface area (Å²) in [6.07, 6.45) is 18.5. The fourth-order valence-electron chi connectivity index (χ4n) is 5.61. The highest BCUT2D eigenvalue weighted by Crippen LogP contribution is 2.32. The molecule has 44 heavy (non-hydrogen) atoms. The van der Waals surface area contributed by atoms with Crippen LogP contribution in [-0.4, -0.2) is 63.9 Å². The van der Waals surface area contributed by atoms with E-state index >= 15 is 0 Å². The number of esters is 1. The maximum atomic E-state index is 12.3. The first kappa shape index (κ1) is 37.6. The Kier molecular flexibility index (Phi) is 18.9. The molecule has 0 radical (unpaired) electrons. The summed E-state index contributed by atoms with van der Waals surface area (Å²) >= 11 is 0. The average Bonchev–Trinajstić information content (AvgIpc) is 3.02. The second-order valence-corrected chi connectivity index (χ2v) is 13.1. The fourth-order valence-corrected chi connectivity index (χ4v) is 5.61. The third-order valence-corrected chi connectivity index (χ3v) is 8.16. The lowest BCUT2D eigenvalue weighted by molar-refractivity contribution is -0.873. The van der Waals surface area contributed by atoms with Gasteiger partial charge in [-0.3, -0.25) is 9.59 Å². The van der Waals surface area contributed by atoms with Gasteiger partial charge in [-0.25, -0.2) is 0 Å². The topological polar surface area (TPSA) is 61.8 Å². The Balaban J connectivity index is 1.45. The molecular weight excluding hydrogens is 550 g/mol. The van der Waals surface area contributed by atoms with Crippen LogP contribution in [0.1, 0.15) is 114 Å². The van der Waals surface area contributed by atoms with Crippen LogP contribution < -0.4 is 0 Å². The van der Waals surface area contributed by atoms with Crippen molar-refractivity contribution in [1.82, 2.24) is 0 Å². The summed E-state index contributed by atoms with van der Waals surface area (Å²) in [6, 6.07) is 18.6. The van der Waals surface area contributed by atoms with E-state index in [9.17, 15) is 9.59 Å². The molecule has 0 bridgehead atoms. The number of quaternary nitrogens is 1. The zero-order chi connectivity index (χ0) is 31.9. The lowest BCUT2D eigenvalue weighted by Gasteiger charge is -2.29. The molecule has 2 aromatic rings. The van der Waals surface area contributed by atoms with E-state index in [1.54, 1.807) is 0 Å². The summed E-state index contributed by atoms with van der Waals surface area (Å²) in [4.78, 5) is 24.6. The molecule has 0 aromatic heterocycles. The van der Waals surface area contributed by atoms with Gasteiger partial charge in [-0.1, -0.05) is 138 Å². The van der Waals surface area contributed by atoms with Gasteiger partial charge in [-0.15, -0.1) is 0 Å². The molecule has 2 aromatic carbocycles. The zero-order valence-electron chi connectivity index (χ0n) is 28.1. The van der Waals surface area contributed by atoms with Gasteiger partial charge >= 0.3 is 5.97 Å². The number of carbonyl (C=O) groups is 2. The number of likely N-dealkylation sites (N-methyl/N-ethyl adjacent to an activating group) is 1. The van der Waals surface area contributed by atoms with Gasteiger partial charge < -0.3 is 18.7 Å². The van der Waals surface area contributed by atoms with Gasteiger partial charge in [0, 0.05) is 13.0 Å². The first-order valence-electron chi connectivity index (χ1n) is 17.1. The normalized spacial score (nSPS) is 12.6. The Morgan fingerprint density at radius 1 is 0.727 bits per heavy atom. The lowest BCUT2D eigenvalue weighted by atomic mass is 9.87. The SMILES string of the molecule is CCC(C[N+](C)(C)C)OCCCCCCCCCCCCCCCC(=O)OCOC(C=O)(c1ccccc1)c1ccccc1. The van der Waals surface area contributed by atoms with Gasteiger partial charge in [0.2, 0.25) is 0 Å². The highest BCUT2D eigenvalue weighted by Gasteiger charge is 2.35. The monoisotopic (exact) mass is 610 g/mol. The highest BCUT2D eigenvalue weighted by atomic mass is 16.7. The maximum absolute atomic E-state index is 12.3. The molecule has 0 spiro atoms. The quantitative estimate of drug-likeness (QED) is 0.0351. The molecule has 6 heteroatoms. The van der Waals surface area contributed by atoms with Gasteiger partial charge in [0.25, 0.3) is 0 Å². The minimum Gasteiger partial charge on any atom is -0.438 e. The molecule has 246 valence electrons. The summed E-state index contributed by atoms with van der Waals surface area (Å²) in [7, 11) is 6.69. The number of hydrogen-bond acceptors (Lipinski definition) is 5. The summed E-state index contributed by atoms with van der Waals surface area (Å²) < 4.78 is 18.4. The van der Waals surface area contributed by atoms with E-state index in [2.05, 4.69) is 28.1 Å². The second-order valence-electron chi connectivity index (χ2n) is 13.1. The molecule has 0 N–H and O–H groups in total. The molecule has 0 fully saturated rings. The summed E-state index contributed by atoms with van der Waals surface area (Å²) in [5.74, 6) is -0.288. The minimum absolute atomic E-state index is 0.272. The number of hydrogen-bond donors (Lipinski definition) is 0. The Morgan fingerprint density at radius 2 is 1.18 bits per heavy atom. The molecule has 0 amide bonds. The Morgan fingerprint density at radius 3 is 1.61 bits per heavy atom. The number of nitrogens with zero attached hydrogens (tertiary/aromatic N) is 1. The number of aldehydes is 1. The van der Waals surface area contributed by atoms with Gasteiger partial charge in [0.15, 0.2) is 18.7 Å². The predicted octanol–water partition coefficient (Wildman–Crippen LogP) is 8.61. The zero-order valence-corrected chi connectivity index (χ0v) is 28.1. The average molecular weight is 611 g/mol. The van der Waals surface area contributed by atoms with Crippen LogP contribution in [0.3, 0.4) is 0 Å². The third-order valence-electron chi connectivity index (χ3n) is 8.16. The van der Waals surface area contributed by atoms with Crippen LogP contribution in [0.5, 0.6) is 0 Å². The van der Waals surface area contributed by atoms with Crippen molar-refractivity contribution in [3.05, 3.63) is 71.8 Å². The van der Waals surface area contributed by atoms with Crippen LogP contribution in [0.25, 0.3) is 0 Å². The molecule has 0 aliphatic heterocycles. The van der Waals surface area contributed by atoms with Gasteiger partial charge in [0.1, 0.15) is 12.6 Å². The summed E-state index contributed by atoms with van der Waals surface area (Å²) in [6.45, 7) is 3.93. The van der Waals surface area contributed by atoms with E-state index in [1.807, 2.05) is 60.7 Å². The van der Waals surface area contributed by atoms with E-state index in [0.717, 1.165) is 49.6 Å². The summed E-state index contributed by atoms with van der Waals surface area (Å²) in [5.41, 5.74) is 0.0812. The molecule has 0 saturated carbocycles. The van der Waals surface area contributed by atoms with E-state index in [-0.39, 0.29) is 12.8 Å².